The largest absolute Gasteiger partial charge is 0.495 e. The number of esters is 1. The lowest BCUT2D eigenvalue weighted by Crippen LogP contribution is -2.40. The van der Waals surface area contributed by atoms with Gasteiger partial charge in [-0.05, 0) is 30.3 Å². The number of fused-ring (bicyclic) bond motifs is 1. The summed E-state index contributed by atoms with van der Waals surface area (Å²) in [5.74, 6) is -0.296. The maximum Gasteiger partial charge on any atom is 0.337 e. The Kier molecular flexibility index (Phi) is 6.01. The Morgan fingerprint density at radius 2 is 1.87 bits per heavy atom. The number of para-hydroxylation sites is 1. The zero-order valence-electron chi connectivity index (χ0n) is 17.1. The third-order valence-corrected chi connectivity index (χ3v) is 4.43. The summed E-state index contributed by atoms with van der Waals surface area (Å²) in [7, 11) is 6.12. The molecular formula is C21H22N4O5. The van der Waals surface area contributed by atoms with E-state index in [-0.39, 0.29) is 23.4 Å². The number of nitrogens with one attached hydrogen (secondary N) is 1. The highest BCUT2D eigenvalue weighted by molar-refractivity contribution is 5.96. The van der Waals surface area contributed by atoms with Crippen LogP contribution < -0.4 is 20.6 Å². The van der Waals surface area contributed by atoms with Crippen molar-refractivity contribution in [1.29, 1.82) is 0 Å². The molecule has 0 spiro atoms. The minimum Gasteiger partial charge on any atom is -0.495 e. The molecule has 0 saturated heterocycles. The summed E-state index contributed by atoms with van der Waals surface area (Å²) in [5, 5.41) is 4.75. The average Bonchev–Trinajstić information content (AvgIpc) is 2.72. The summed E-state index contributed by atoms with van der Waals surface area (Å²) in [6.07, 6.45) is -0.163. The van der Waals surface area contributed by atoms with Crippen molar-refractivity contribution in [3.05, 3.63) is 64.2 Å². The van der Waals surface area contributed by atoms with Crippen LogP contribution in [0.25, 0.3) is 10.9 Å². The van der Waals surface area contributed by atoms with Crippen molar-refractivity contribution in [3.63, 3.8) is 0 Å². The number of carbonyl (C=O) groups excluding carboxylic acids is 2. The highest BCUT2D eigenvalue weighted by Crippen LogP contribution is 2.26. The summed E-state index contributed by atoms with van der Waals surface area (Å²) < 4.78 is 11.3. The molecular weight excluding hydrogens is 388 g/mol. The van der Waals surface area contributed by atoms with Gasteiger partial charge in [0.25, 0.3) is 5.56 Å². The van der Waals surface area contributed by atoms with Gasteiger partial charge in [0.1, 0.15) is 11.6 Å². The predicted octanol–water partition coefficient (Wildman–Crippen LogP) is 1.57. The second-order valence-electron chi connectivity index (χ2n) is 6.64. The molecule has 0 aliphatic rings. The number of rotatable bonds is 6. The van der Waals surface area contributed by atoms with E-state index in [1.165, 1.54) is 31.0 Å². The van der Waals surface area contributed by atoms with Crippen molar-refractivity contribution in [2.45, 2.75) is 6.42 Å². The molecule has 1 heterocycles. The number of hydrogen-bond donors (Lipinski definition) is 1. The number of methoxy groups -OCH3 is 2. The first-order valence-electron chi connectivity index (χ1n) is 9.10. The summed E-state index contributed by atoms with van der Waals surface area (Å²) in [6.45, 7) is 0. The van der Waals surface area contributed by atoms with Gasteiger partial charge in [0.05, 0.1) is 42.8 Å². The Morgan fingerprint density at radius 3 is 2.53 bits per heavy atom. The summed E-state index contributed by atoms with van der Waals surface area (Å²) in [4.78, 5) is 41.9. The Bertz CT molecular complexity index is 1170. The fraction of sp³-hybridized carbons (Fsp3) is 0.238. The first kappa shape index (κ1) is 20.8. The van der Waals surface area contributed by atoms with Gasteiger partial charge in [0.2, 0.25) is 5.91 Å². The SMILES string of the molecule is COC(=O)c1ccc(OC)c(NC(=O)Cc2nc3ccccc3c(=O)n2N(C)C)c1. The molecule has 0 aliphatic carbocycles. The van der Waals surface area contributed by atoms with E-state index in [4.69, 9.17) is 9.47 Å². The predicted molar refractivity (Wildman–Crippen MR) is 113 cm³/mol. The third kappa shape index (κ3) is 4.09. The van der Waals surface area contributed by atoms with Crippen LogP contribution in [-0.4, -0.2) is 49.9 Å². The molecule has 9 nitrogen and oxygen atoms in total. The van der Waals surface area contributed by atoms with Crippen LogP contribution in [-0.2, 0) is 16.0 Å². The summed E-state index contributed by atoms with van der Waals surface area (Å²) in [5.41, 5.74) is 0.819. The maximum atomic E-state index is 12.9. The first-order chi connectivity index (χ1) is 14.3. The number of anilines is 1. The average molecular weight is 410 g/mol. The number of carbonyl (C=O) groups is 2. The van der Waals surface area contributed by atoms with E-state index in [0.717, 1.165) is 0 Å². The maximum absolute atomic E-state index is 12.9. The fourth-order valence-electron chi connectivity index (χ4n) is 3.09. The van der Waals surface area contributed by atoms with Crippen LogP contribution in [0.3, 0.4) is 0 Å². The molecule has 1 N–H and O–H groups in total. The van der Waals surface area contributed by atoms with Gasteiger partial charge in [0.15, 0.2) is 0 Å². The molecule has 1 aromatic heterocycles. The Hall–Kier alpha value is -3.88. The topological polar surface area (TPSA) is 103 Å². The van der Waals surface area contributed by atoms with Crippen LogP contribution in [0.1, 0.15) is 16.2 Å². The van der Waals surface area contributed by atoms with Gasteiger partial charge in [-0.3, -0.25) is 9.59 Å². The Morgan fingerprint density at radius 1 is 1.13 bits per heavy atom. The molecule has 0 radical (unpaired) electrons. The van der Waals surface area contributed by atoms with Crippen LogP contribution >= 0.6 is 0 Å². The highest BCUT2D eigenvalue weighted by atomic mass is 16.5. The van der Waals surface area contributed by atoms with Crippen molar-refractivity contribution in [2.75, 3.05) is 38.6 Å². The molecule has 156 valence electrons. The molecule has 0 saturated carbocycles. The second kappa shape index (κ2) is 8.64. The minimum atomic E-state index is -0.536. The lowest BCUT2D eigenvalue weighted by atomic mass is 10.2. The monoisotopic (exact) mass is 410 g/mol. The first-order valence-corrected chi connectivity index (χ1v) is 9.10. The van der Waals surface area contributed by atoms with Crippen molar-refractivity contribution in [1.82, 2.24) is 9.66 Å². The van der Waals surface area contributed by atoms with Crippen LogP contribution in [0, 0.1) is 0 Å². The zero-order chi connectivity index (χ0) is 21.8. The van der Waals surface area contributed by atoms with Gasteiger partial charge in [0, 0.05) is 14.1 Å². The van der Waals surface area contributed by atoms with E-state index in [9.17, 15) is 14.4 Å². The van der Waals surface area contributed by atoms with Crippen molar-refractivity contribution < 1.29 is 19.1 Å². The smallest absolute Gasteiger partial charge is 0.337 e. The van der Waals surface area contributed by atoms with Crippen molar-refractivity contribution in [3.8, 4) is 5.75 Å². The zero-order valence-corrected chi connectivity index (χ0v) is 17.1. The molecule has 0 fully saturated rings. The number of aromatic nitrogens is 2. The molecule has 0 aliphatic heterocycles. The van der Waals surface area contributed by atoms with E-state index in [0.29, 0.717) is 22.3 Å². The van der Waals surface area contributed by atoms with Crippen LogP contribution in [0.5, 0.6) is 5.75 Å². The molecule has 3 rings (SSSR count). The van der Waals surface area contributed by atoms with Gasteiger partial charge in [-0.25, -0.2) is 14.5 Å². The summed E-state index contributed by atoms with van der Waals surface area (Å²) >= 11 is 0. The molecule has 30 heavy (non-hydrogen) atoms. The molecule has 9 heteroatoms. The quantitative estimate of drug-likeness (QED) is 0.615. The number of amides is 1. The van der Waals surface area contributed by atoms with Gasteiger partial charge in [-0.15, -0.1) is 0 Å². The van der Waals surface area contributed by atoms with Crippen LogP contribution in [0.2, 0.25) is 0 Å². The molecule has 0 unspecified atom stereocenters. The van der Waals surface area contributed by atoms with Gasteiger partial charge in [-0.1, -0.05) is 12.1 Å². The lowest BCUT2D eigenvalue weighted by molar-refractivity contribution is -0.115. The van der Waals surface area contributed by atoms with Gasteiger partial charge < -0.3 is 19.8 Å². The molecule has 1 amide bonds. The molecule has 2 aromatic carbocycles. The number of ether oxygens (including phenoxy) is 2. The third-order valence-electron chi connectivity index (χ3n) is 4.43. The van der Waals surface area contributed by atoms with Crippen LogP contribution in [0.15, 0.2) is 47.3 Å². The van der Waals surface area contributed by atoms with Gasteiger partial charge in [-0.2, -0.15) is 0 Å². The van der Waals surface area contributed by atoms with E-state index in [2.05, 4.69) is 10.3 Å². The number of benzene rings is 2. The van der Waals surface area contributed by atoms with Gasteiger partial charge >= 0.3 is 5.97 Å². The lowest BCUT2D eigenvalue weighted by Gasteiger charge is -2.20. The molecule has 3 aromatic rings. The van der Waals surface area contributed by atoms with E-state index in [1.54, 1.807) is 49.4 Å². The Balaban J connectivity index is 1.95. The van der Waals surface area contributed by atoms with E-state index in [1.807, 2.05) is 0 Å². The van der Waals surface area contributed by atoms with E-state index >= 15 is 0 Å². The van der Waals surface area contributed by atoms with Crippen LogP contribution in [0.4, 0.5) is 5.69 Å². The number of nitrogens with zero attached hydrogens (tertiary/aromatic N) is 3. The van der Waals surface area contributed by atoms with E-state index < -0.39 is 11.9 Å². The normalized spacial score (nSPS) is 10.5. The molecule has 0 bridgehead atoms. The van der Waals surface area contributed by atoms with Crippen molar-refractivity contribution >= 4 is 28.5 Å². The fourth-order valence-corrected chi connectivity index (χ4v) is 3.09. The highest BCUT2D eigenvalue weighted by Gasteiger charge is 2.18. The standard InChI is InChI=1S/C21H22N4O5/c1-24(2)25-18(22-15-8-6-5-7-14(15)20(25)27)12-19(26)23-16-11-13(21(28)30-4)9-10-17(16)29-3/h5-11H,12H2,1-4H3,(H,23,26). The van der Waals surface area contributed by atoms with Crippen molar-refractivity contribution in [2.24, 2.45) is 0 Å². The summed E-state index contributed by atoms with van der Waals surface area (Å²) in [6, 6.07) is 11.5. The number of hydrogen-bond acceptors (Lipinski definition) is 7. The second-order valence-corrected chi connectivity index (χ2v) is 6.64. The Labute approximate surface area is 172 Å². The minimum absolute atomic E-state index is 0.163. The molecule has 0 atom stereocenters.